The van der Waals surface area contributed by atoms with Gasteiger partial charge in [-0.1, -0.05) is 0 Å². The number of methoxy groups -OCH3 is 1. The summed E-state index contributed by atoms with van der Waals surface area (Å²) in [7, 11) is 1.53. The van der Waals surface area contributed by atoms with E-state index in [-0.39, 0.29) is 24.7 Å². The summed E-state index contributed by atoms with van der Waals surface area (Å²) in [5, 5.41) is 10.9. The monoisotopic (exact) mass is 447 g/mol. The molecule has 0 spiro atoms. The Bertz CT molecular complexity index is 1090. The Kier molecular flexibility index (Phi) is 7.31. The highest BCUT2D eigenvalue weighted by Gasteiger charge is 2.27. The summed E-state index contributed by atoms with van der Waals surface area (Å²) in [5.41, 5.74) is 3.53. The van der Waals surface area contributed by atoms with Gasteiger partial charge in [0.25, 0.3) is 0 Å². The van der Waals surface area contributed by atoms with Crippen molar-refractivity contribution in [2.24, 2.45) is 0 Å². The molecular formula is C21H20F3N5O3. The average Bonchev–Trinajstić information content (AvgIpc) is 2.73. The highest BCUT2D eigenvalue weighted by atomic mass is 19.4. The zero-order valence-corrected chi connectivity index (χ0v) is 17.3. The summed E-state index contributed by atoms with van der Waals surface area (Å²) >= 11 is 0. The summed E-state index contributed by atoms with van der Waals surface area (Å²) in [6, 6.07) is 8.61. The molecule has 0 fully saturated rings. The third-order valence-corrected chi connectivity index (χ3v) is 4.19. The second kappa shape index (κ2) is 10.1. The van der Waals surface area contributed by atoms with Crippen LogP contribution in [-0.2, 0) is 22.6 Å². The Morgan fingerprint density at radius 3 is 2.59 bits per heavy atom. The molecule has 0 saturated heterocycles. The van der Waals surface area contributed by atoms with Crippen molar-refractivity contribution in [3.8, 4) is 16.9 Å². The molecule has 0 radical (unpaired) electrons. The largest absolute Gasteiger partial charge is 0.496 e. The van der Waals surface area contributed by atoms with Crippen LogP contribution >= 0.6 is 0 Å². The highest BCUT2D eigenvalue weighted by molar-refractivity contribution is 5.74. The van der Waals surface area contributed by atoms with Gasteiger partial charge in [0.2, 0.25) is 5.95 Å². The normalized spacial score (nSPS) is 11.3. The minimum absolute atomic E-state index is 0.0138. The third kappa shape index (κ3) is 6.45. The number of nitrogens with one attached hydrogen (secondary N) is 1. The van der Waals surface area contributed by atoms with E-state index in [0.29, 0.717) is 23.4 Å². The Morgan fingerprint density at radius 1 is 1.12 bits per heavy atom. The molecular weight excluding hydrogens is 427 g/mol. The van der Waals surface area contributed by atoms with Crippen LogP contribution in [0.4, 0.5) is 24.8 Å². The van der Waals surface area contributed by atoms with E-state index < -0.39 is 12.8 Å². The van der Waals surface area contributed by atoms with Crippen LogP contribution in [0.15, 0.2) is 36.5 Å². The lowest BCUT2D eigenvalue weighted by Crippen LogP contribution is -2.17. The Hall–Kier alpha value is -3.60. The topological polar surface area (TPSA) is 99.1 Å². The molecule has 2 aromatic heterocycles. The van der Waals surface area contributed by atoms with E-state index in [1.807, 2.05) is 19.1 Å². The maximum absolute atomic E-state index is 12.3. The van der Waals surface area contributed by atoms with Gasteiger partial charge in [0, 0.05) is 29.3 Å². The number of aldehydes is 1. The van der Waals surface area contributed by atoms with Gasteiger partial charge < -0.3 is 19.6 Å². The number of aromatic nitrogens is 4. The van der Waals surface area contributed by atoms with Gasteiger partial charge in [-0.05, 0) is 31.2 Å². The maximum Gasteiger partial charge on any atom is 0.411 e. The molecule has 32 heavy (non-hydrogen) atoms. The molecule has 168 valence electrons. The molecule has 0 aliphatic heterocycles. The number of rotatable bonds is 9. The fraction of sp³-hybridized carbons (Fsp3) is 0.286. The Labute approximate surface area is 181 Å². The van der Waals surface area contributed by atoms with E-state index in [9.17, 15) is 18.0 Å². The number of hydrogen-bond acceptors (Lipinski definition) is 8. The number of carbonyl (C=O) groups excluding carboxylic acids is 1. The molecule has 3 aromatic rings. The quantitative estimate of drug-likeness (QED) is 0.495. The zero-order valence-electron chi connectivity index (χ0n) is 17.3. The van der Waals surface area contributed by atoms with E-state index in [1.165, 1.54) is 13.2 Å². The third-order valence-electron chi connectivity index (χ3n) is 4.19. The van der Waals surface area contributed by atoms with Crippen LogP contribution in [0, 0.1) is 6.92 Å². The van der Waals surface area contributed by atoms with Crippen LogP contribution in [0.3, 0.4) is 0 Å². The van der Waals surface area contributed by atoms with E-state index in [4.69, 9.17) is 4.74 Å². The lowest BCUT2D eigenvalue weighted by atomic mass is 10.1. The van der Waals surface area contributed by atoms with Crippen LogP contribution in [0.1, 0.15) is 17.1 Å². The second-order valence-electron chi connectivity index (χ2n) is 6.78. The van der Waals surface area contributed by atoms with Crippen molar-refractivity contribution >= 4 is 17.9 Å². The van der Waals surface area contributed by atoms with Crippen LogP contribution in [0.2, 0.25) is 0 Å². The Morgan fingerprint density at radius 2 is 1.91 bits per heavy atom. The smallest absolute Gasteiger partial charge is 0.411 e. The molecule has 0 aliphatic carbocycles. The second-order valence-corrected chi connectivity index (χ2v) is 6.78. The minimum atomic E-state index is -4.44. The van der Waals surface area contributed by atoms with E-state index in [1.54, 1.807) is 18.3 Å². The van der Waals surface area contributed by atoms with E-state index in [0.717, 1.165) is 16.8 Å². The number of ether oxygens (including phenoxy) is 2. The first-order valence-corrected chi connectivity index (χ1v) is 9.47. The molecule has 0 bridgehead atoms. The first kappa shape index (κ1) is 23.1. The first-order chi connectivity index (χ1) is 15.3. The average molecular weight is 447 g/mol. The fourth-order valence-corrected chi connectivity index (χ4v) is 2.90. The lowest BCUT2D eigenvalue weighted by Gasteiger charge is -2.13. The molecule has 0 saturated carbocycles. The molecule has 0 aliphatic rings. The van der Waals surface area contributed by atoms with Crippen molar-refractivity contribution in [1.29, 1.82) is 0 Å². The van der Waals surface area contributed by atoms with Gasteiger partial charge in [-0.2, -0.15) is 23.4 Å². The van der Waals surface area contributed by atoms with Gasteiger partial charge in [-0.3, -0.25) is 0 Å². The van der Waals surface area contributed by atoms with Crippen LogP contribution in [0.5, 0.6) is 5.75 Å². The molecule has 3 rings (SSSR count). The van der Waals surface area contributed by atoms with Gasteiger partial charge in [0.15, 0.2) is 0 Å². The maximum atomic E-state index is 12.3. The van der Waals surface area contributed by atoms with Gasteiger partial charge in [-0.15, -0.1) is 0 Å². The van der Waals surface area contributed by atoms with Gasteiger partial charge >= 0.3 is 6.18 Å². The van der Waals surface area contributed by atoms with Crippen LogP contribution < -0.4 is 10.1 Å². The predicted molar refractivity (Wildman–Crippen MR) is 110 cm³/mol. The molecule has 2 heterocycles. The molecule has 1 N–H and O–H groups in total. The molecule has 8 nitrogen and oxygen atoms in total. The number of hydrogen-bond donors (Lipinski definition) is 1. The summed E-state index contributed by atoms with van der Waals surface area (Å²) in [6.45, 7) is 0.0581. The number of alkyl halides is 3. The number of aryl methyl sites for hydroxylation is 1. The number of halogens is 3. The SMILES string of the molecule is COc1cc(Nc2nc(CC=O)cc(COCC(F)(F)F)n2)ccc1-c1cnnc(C)c1. The van der Waals surface area contributed by atoms with Crippen molar-refractivity contribution in [3.63, 3.8) is 0 Å². The summed E-state index contributed by atoms with van der Waals surface area (Å²) in [4.78, 5) is 19.3. The summed E-state index contributed by atoms with van der Waals surface area (Å²) in [5.74, 6) is 0.673. The van der Waals surface area contributed by atoms with E-state index >= 15 is 0 Å². The number of carbonyl (C=O) groups is 1. The van der Waals surface area contributed by atoms with Crippen molar-refractivity contribution in [3.05, 3.63) is 53.6 Å². The molecule has 0 amide bonds. The van der Waals surface area contributed by atoms with Crippen molar-refractivity contribution in [2.75, 3.05) is 19.0 Å². The van der Waals surface area contributed by atoms with Crippen molar-refractivity contribution in [2.45, 2.75) is 26.1 Å². The first-order valence-electron chi connectivity index (χ1n) is 9.47. The van der Waals surface area contributed by atoms with Crippen molar-refractivity contribution in [1.82, 2.24) is 20.2 Å². The summed E-state index contributed by atoms with van der Waals surface area (Å²) < 4.78 is 47.2. The fourth-order valence-electron chi connectivity index (χ4n) is 2.90. The molecule has 1 aromatic carbocycles. The van der Waals surface area contributed by atoms with Crippen LogP contribution in [-0.4, -0.2) is 46.3 Å². The zero-order chi connectivity index (χ0) is 23.1. The standard InChI is InChI=1S/C21H20F3N5O3/c1-13-7-14(10-25-29-13)18-4-3-15(9-19(18)31-2)26-20-27-16(5-6-30)8-17(28-20)11-32-12-21(22,23)24/h3-4,6-10H,5,11-12H2,1-2H3,(H,26,27,28). The Balaban J connectivity index is 1.84. The lowest BCUT2D eigenvalue weighted by molar-refractivity contribution is -0.176. The molecule has 0 atom stereocenters. The predicted octanol–water partition coefficient (Wildman–Crippen LogP) is 3.81. The summed E-state index contributed by atoms with van der Waals surface area (Å²) in [6.07, 6.45) is -2.19. The highest BCUT2D eigenvalue weighted by Crippen LogP contribution is 2.33. The van der Waals surface area contributed by atoms with Gasteiger partial charge in [0.05, 0.1) is 37.0 Å². The number of anilines is 2. The van der Waals surface area contributed by atoms with Gasteiger partial charge in [0.1, 0.15) is 18.6 Å². The number of nitrogens with zero attached hydrogens (tertiary/aromatic N) is 4. The van der Waals surface area contributed by atoms with Crippen molar-refractivity contribution < 1.29 is 27.4 Å². The van der Waals surface area contributed by atoms with Crippen LogP contribution in [0.25, 0.3) is 11.1 Å². The van der Waals surface area contributed by atoms with Gasteiger partial charge in [-0.25, -0.2) is 9.97 Å². The number of benzene rings is 1. The minimum Gasteiger partial charge on any atom is -0.496 e. The molecule has 11 heteroatoms. The molecule has 0 unspecified atom stereocenters. The van der Waals surface area contributed by atoms with E-state index in [2.05, 4.69) is 30.2 Å².